The zero-order chi connectivity index (χ0) is 10.6. The molecule has 1 rings (SSSR count). The van der Waals surface area contributed by atoms with Gasteiger partial charge in [0, 0.05) is 18.1 Å². The monoisotopic (exact) mass is 218 g/mol. The van der Waals surface area contributed by atoms with E-state index in [4.69, 9.17) is 16.2 Å². The van der Waals surface area contributed by atoms with Crippen molar-refractivity contribution in [3.63, 3.8) is 0 Å². The highest BCUT2D eigenvalue weighted by Gasteiger charge is 2.40. The first-order valence-electron chi connectivity index (χ1n) is 4.78. The molecule has 2 atom stereocenters. The first-order chi connectivity index (χ1) is 6.58. The molecule has 82 valence electrons. The fourth-order valence-corrected chi connectivity index (χ4v) is 2.99. The number of hydrogen-bond donors (Lipinski definition) is 2. The van der Waals surface area contributed by atoms with Crippen molar-refractivity contribution in [2.24, 2.45) is 11.5 Å². The number of nitrogens with two attached hydrogens (primary N) is 2. The fraction of sp³-hybridized carbons (Fsp3) is 0.889. The molecule has 0 saturated heterocycles. The van der Waals surface area contributed by atoms with Crippen molar-refractivity contribution in [1.29, 1.82) is 0 Å². The smallest absolute Gasteiger partial charge is 0.237 e. The van der Waals surface area contributed by atoms with Gasteiger partial charge in [-0.1, -0.05) is 0 Å². The third kappa shape index (κ3) is 2.87. The van der Waals surface area contributed by atoms with Gasteiger partial charge in [-0.15, -0.1) is 0 Å². The molecule has 0 aromatic carbocycles. The Hall–Kier alpha value is -0.260. The van der Waals surface area contributed by atoms with E-state index in [1.165, 1.54) is 0 Å². The van der Waals surface area contributed by atoms with Crippen LogP contribution in [0.25, 0.3) is 0 Å². The Bertz CT molecular complexity index is 213. The summed E-state index contributed by atoms with van der Waals surface area (Å²) in [5.41, 5.74) is 10.4. The fourth-order valence-electron chi connectivity index (χ4n) is 1.69. The normalized spacial score (nSPS) is 32.0. The number of hydrogen-bond acceptors (Lipinski definition) is 4. The molecule has 0 spiro atoms. The van der Waals surface area contributed by atoms with Crippen LogP contribution >= 0.6 is 11.8 Å². The molecule has 5 heteroatoms. The number of primary amides is 1. The second-order valence-corrected chi connectivity index (χ2v) is 5.16. The summed E-state index contributed by atoms with van der Waals surface area (Å²) in [6.45, 7) is 0.745. The lowest BCUT2D eigenvalue weighted by atomic mass is 9.99. The van der Waals surface area contributed by atoms with Gasteiger partial charge in [-0.2, -0.15) is 11.8 Å². The molecule has 14 heavy (non-hydrogen) atoms. The van der Waals surface area contributed by atoms with Gasteiger partial charge in [0.2, 0.25) is 5.91 Å². The minimum absolute atomic E-state index is 0.368. The van der Waals surface area contributed by atoms with Gasteiger partial charge in [-0.05, 0) is 19.3 Å². The molecule has 1 fully saturated rings. The zero-order valence-electron chi connectivity index (χ0n) is 8.49. The van der Waals surface area contributed by atoms with Crippen LogP contribution in [0, 0.1) is 0 Å². The summed E-state index contributed by atoms with van der Waals surface area (Å²) in [5.74, 6) is 0.586. The lowest BCUT2D eigenvalue weighted by Crippen LogP contribution is -2.50. The van der Waals surface area contributed by atoms with Crippen LogP contribution in [0.4, 0.5) is 0 Å². The van der Waals surface area contributed by atoms with E-state index < -0.39 is 5.54 Å². The van der Waals surface area contributed by atoms with E-state index >= 15 is 0 Å². The van der Waals surface area contributed by atoms with Crippen molar-refractivity contribution in [2.45, 2.75) is 30.1 Å². The van der Waals surface area contributed by atoms with E-state index in [-0.39, 0.29) is 5.91 Å². The Balaban J connectivity index is 2.30. The maximum atomic E-state index is 11.1. The van der Waals surface area contributed by atoms with Crippen molar-refractivity contribution in [2.75, 3.05) is 19.5 Å². The van der Waals surface area contributed by atoms with Gasteiger partial charge in [0.05, 0.1) is 12.1 Å². The predicted octanol–water partition coefficient (Wildman–Crippen LogP) is 0.101. The summed E-state index contributed by atoms with van der Waals surface area (Å²) >= 11 is 1.82. The molecule has 0 aliphatic heterocycles. The molecule has 1 amide bonds. The number of amides is 1. The first kappa shape index (κ1) is 11.8. The number of carbonyl (C=O) groups is 1. The minimum atomic E-state index is -0.759. The summed E-state index contributed by atoms with van der Waals surface area (Å²) in [6, 6.07) is 0. The van der Waals surface area contributed by atoms with Crippen molar-refractivity contribution in [3.8, 4) is 0 Å². The Morgan fingerprint density at radius 3 is 2.93 bits per heavy atom. The molecule has 0 aromatic rings. The molecule has 0 bridgehead atoms. The largest absolute Gasteiger partial charge is 0.384 e. The Kier molecular flexibility index (Phi) is 4.22. The van der Waals surface area contributed by atoms with Crippen molar-refractivity contribution < 1.29 is 9.53 Å². The van der Waals surface area contributed by atoms with Crippen LogP contribution in [0.2, 0.25) is 0 Å². The second-order valence-electron chi connectivity index (χ2n) is 3.75. The van der Waals surface area contributed by atoms with Crippen molar-refractivity contribution in [1.82, 2.24) is 0 Å². The number of ether oxygens (including phenoxy) is 1. The van der Waals surface area contributed by atoms with Crippen molar-refractivity contribution >= 4 is 17.7 Å². The van der Waals surface area contributed by atoms with Gasteiger partial charge in [-0.25, -0.2) is 0 Å². The third-order valence-corrected chi connectivity index (χ3v) is 3.91. The SMILES string of the molecule is COCCSC1CCC(N)(C(N)=O)C1. The van der Waals surface area contributed by atoms with Gasteiger partial charge in [0.25, 0.3) is 0 Å². The predicted molar refractivity (Wildman–Crippen MR) is 58.1 cm³/mol. The number of thioether (sulfide) groups is 1. The summed E-state index contributed by atoms with van der Waals surface area (Å²) in [6.07, 6.45) is 2.40. The van der Waals surface area contributed by atoms with Gasteiger partial charge in [0.15, 0.2) is 0 Å². The Morgan fingerprint density at radius 1 is 1.71 bits per heavy atom. The molecule has 0 radical (unpaired) electrons. The molecule has 4 nitrogen and oxygen atoms in total. The van der Waals surface area contributed by atoms with Gasteiger partial charge in [-0.3, -0.25) is 4.79 Å². The summed E-state index contributed by atoms with van der Waals surface area (Å²) < 4.78 is 4.96. The molecule has 1 saturated carbocycles. The Labute approximate surface area is 88.7 Å². The van der Waals surface area contributed by atoms with Crippen LogP contribution in [0.5, 0.6) is 0 Å². The van der Waals surface area contributed by atoms with Gasteiger partial charge < -0.3 is 16.2 Å². The number of rotatable bonds is 5. The van der Waals surface area contributed by atoms with Crippen LogP contribution in [0.1, 0.15) is 19.3 Å². The average Bonchev–Trinajstić information content (AvgIpc) is 2.50. The standard InChI is InChI=1S/C9H18N2O2S/c1-13-4-5-14-7-2-3-9(11,6-7)8(10)12/h7H,2-6,11H2,1H3,(H2,10,12). The average molecular weight is 218 g/mol. The zero-order valence-corrected chi connectivity index (χ0v) is 9.31. The van der Waals surface area contributed by atoms with E-state index in [0.29, 0.717) is 18.1 Å². The highest BCUT2D eigenvalue weighted by Crippen LogP contribution is 2.35. The van der Waals surface area contributed by atoms with Crippen LogP contribution in [0.3, 0.4) is 0 Å². The third-order valence-electron chi connectivity index (χ3n) is 2.64. The number of methoxy groups -OCH3 is 1. The Morgan fingerprint density at radius 2 is 2.43 bits per heavy atom. The van der Waals surface area contributed by atoms with E-state index in [1.807, 2.05) is 11.8 Å². The van der Waals surface area contributed by atoms with Crippen LogP contribution in [0.15, 0.2) is 0 Å². The van der Waals surface area contributed by atoms with E-state index in [2.05, 4.69) is 0 Å². The molecule has 0 heterocycles. The van der Waals surface area contributed by atoms with Crippen LogP contribution in [-0.2, 0) is 9.53 Å². The van der Waals surface area contributed by atoms with Crippen LogP contribution < -0.4 is 11.5 Å². The maximum absolute atomic E-state index is 11.1. The topological polar surface area (TPSA) is 78.3 Å². The summed E-state index contributed by atoms with van der Waals surface area (Å²) in [5, 5.41) is 0.461. The van der Waals surface area contributed by atoms with Crippen molar-refractivity contribution in [3.05, 3.63) is 0 Å². The lowest BCUT2D eigenvalue weighted by Gasteiger charge is -2.19. The molecular formula is C9H18N2O2S. The maximum Gasteiger partial charge on any atom is 0.237 e. The van der Waals surface area contributed by atoms with Crippen LogP contribution in [-0.4, -0.2) is 36.2 Å². The highest BCUT2D eigenvalue weighted by molar-refractivity contribution is 7.99. The minimum Gasteiger partial charge on any atom is -0.384 e. The second kappa shape index (κ2) is 5.00. The molecule has 0 aromatic heterocycles. The van der Waals surface area contributed by atoms with E-state index in [1.54, 1.807) is 7.11 Å². The molecule has 4 N–H and O–H groups in total. The number of carbonyl (C=O) groups excluding carboxylic acids is 1. The lowest BCUT2D eigenvalue weighted by molar-refractivity contribution is -0.122. The molecule has 1 aliphatic rings. The van der Waals surface area contributed by atoms with E-state index in [0.717, 1.165) is 18.8 Å². The first-order valence-corrected chi connectivity index (χ1v) is 5.83. The molecular weight excluding hydrogens is 200 g/mol. The van der Waals surface area contributed by atoms with Gasteiger partial charge >= 0.3 is 0 Å². The molecule has 1 aliphatic carbocycles. The highest BCUT2D eigenvalue weighted by atomic mass is 32.2. The van der Waals surface area contributed by atoms with Gasteiger partial charge in [0.1, 0.15) is 0 Å². The quantitative estimate of drug-likeness (QED) is 0.642. The van der Waals surface area contributed by atoms with E-state index in [9.17, 15) is 4.79 Å². The summed E-state index contributed by atoms with van der Waals surface area (Å²) in [4.78, 5) is 11.1. The summed E-state index contributed by atoms with van der Waals surface area (Å²) in [7, 11) is 1.69. The molecule has 2 unspecified atom stereocenters.